The monoisotopic (exact) mass is 282 g/mol. The molecule has 0 radical (unpaired) electrons. The van der Waals surface area contributed by atoms with Crippen LogP contribution >= 0.6 is 0 Å². The molecule has 0 aromatic carbocycles. The first-order valence-corrected chi connectivity index (χ1v) is 6.33. The Morgan fingerprint density at radius 3 is 2.50 bits per heavy atom. The summed E-state index contributed by atoms with van der Waals surface area (Å²) in [4.78, 5) is 33.6. The average Bonchev–Trinajstić information content (AvgIpc) is 2.36. The molecule has 0 saturated heterocycles. The Balaban J connectivity index is 2.90. The highest BCUT2D eigenvalue weighted by atomic mass is 16.5. The number of ether oxygens (including phenoxy) is 1. The summed E-state index contributed by atoms with van der Waals surface area (Å²) < 4.78 is 4.79. The van der Waals surface area contributed by atoms with Crippen LogP contribution in [0.15, 0.2) is 23.3 Å². The average molecular weight is 282 g/mol. The molecule has 6 nitrogen and oxygen atoms in total. The van der Waals surface area contributed by atoms with E-state index in [-0.39, 0.29) is 37.4 Å². The van der Waals surface area contributed by atoms with E-state index in [0.717, 1.165) is 0 Å². The van der Waals surface area contributed by atoms with Crippen LogP contribution in [0.5, 0.6) is 0 Å². The lowest BCUT2D eigenvalue weighted by Gasteiger charge is -2.26. The van der Waals surface area contributed by atoms with Crippen molar-refractivity contribution in [1.29, 1.82) is 0 Å². The van der Waals surface area contributed by atoms with Crippen LogP contribution < -0.4 is 0 Å². The molecule has 0 fully saturated rings. The molecule has 0 aromatic heterocycles. The quantitative estimate of drug-likeness (QED) is 0.720. The van der Waals surface area contributed by atoms with Crippen molar-refractivity contribution in [2.24, 2.45) is 5.41 Å². The third kappa shape index (κ3) is 3.94. The van der Waals surface area contributed by atoms with Crippen LogP contribution in [-0.4, -0.2) is 34.7 Å². The van der Waals surface area contributed by atoms with Crippen LogP contribution in [0.25, 0.3) is 0 Å². The van der Waals surface area contributed by atoms with Crippen molar-refractivity contribution < 1.29 is 29.3 Å². The Labute approximate surface area is 116 Å². The van der Waals surface area contributed by atoms with Crippen molar-refractivity contribution in [2.45, 2.75) is 33.1 Å². The van der Waals surface area contributed by atoms with Crippen molar-refractivity contribution in [3.8, 4) is 0 Å². The molecule has 0 heterocycles. The number of rotatable bonds is 6. The fourth-order valence-electron chi connectivity index (χ4n) is 2.07. The van der Waals surface area contributed by atoms with E-state index in [4.69, 9.17) is 9.84 Å². The number of carboxylic acids is 2. The number of hydrogen-bond acceptors (Lipinski definition) is 4. The standard InChI is InChI=1S/C14H18O6/c1-3-20-11(15)5-4-9-6-10(12(16)17)8-14(2,7-9)13(18)19/h6-7H,3-5,8H2,1-2H3,(H,16,17)(H,18,19). The van der Waals surface area contributed by atoms with Gasteiger partial charge in [0.05, 0.1) is 12.0 Å². The largest absolute Gasteiger partial charge is 0.481 e. The molecule has 0 saturated carbocycles. The second-order valence-electron chi connectivity index (χ2n) is 4.90. The van der Waals surface area contributed by atoms with E-state index >= 15 is 0 Å². The summed E-state index contributed by atoms with van der Waals surface area (Å²) in [6.07, 6.45) is 3.24. The molecule has 6 heteroatoms. The Morgan fingerprint density at radius 1 is 1.35 bits per heavy atom. The topological polar surface area (TPSA) is 101 Å². The van der Waals surface area contributed by atoms with Crippen LogP contribution in [0.1, 0.15) is 33.1 Å². The molecular formula is C14H18O6. The summed E-state index contributed by atoms with van der Waals surface area (Å²) in [5.74, 6) is -2.61. The van der Waals surface area contributed by atoms with Gasteiger partial charge in [-0.1, -0.05) is 6.08 Å². The summed E-state index contributed by atoms with van der Waals surface area (Å²) in [5.41, 5.74) is -0.685. The van der Waals surface area contributed by atoms with Crippen LogP contribution in [-0.2, 0) is 19.1 Å². The van der Waals surface area contributed by atoms with Gasteiger partial charge in [0.2, 0.25) is 0 Å². The second kappa shape index (κ2) is 6.36. The molecule has 0 amide bonds. The van der Waals surface area contributed by atoms with Gasteiger partial charge in [-0.15, -0.1) is 0 Å². The molecule has 1 aliphatic rings. The van der Waals surface area contributed by atoms with E-state index in [1.54, 1.807) is 6.92 Å². The Kier molecular flexibility index (Phi) is 5.07. The van der Waals surface area contributed by atoms with Gasteiger partial charge in [-0.25, -0.2) is 4.79 Å². The summed E-state index contributed by atoms with van der Waals surface area (Å²) >= 11 is 0. The van der Waals surface area contributed by atoms with Crippen molar-refractivity contribution in [2.75, 3.05) is 6.61 Å². The molecule has 1 atom stereocenters. The highest BCUT2D eigenvalue weighted by Crippen LogP contribution is 2.35. The minimum atomic E-state index is -1.26. The molecule has 20 heavy (non-hydrogen) atoms. The summed E-state index contributed by atoms with van der Waals surface area (Å²) in [7, 11) is 0. The van der Waals surface area contributed by atoms with Crippen LogP contribution in [0.2, 0.25) is 0 Å². The van der Waals surface area contributed by atoms with E-state index in [0.29, 0.717) is 5.57 Å². The summed E-state index contributed by atoms with van der Waals surface area (Å²) in [6, 6.07) is 0. The predicted molar refractivity (Wildman–Crippen MR) is 70.0 cm³/mol. The maximum atomic E-state index is 11.3. The fraction of sp³-hybridized carbons (Fsp3) is 0.500. The van der Waals surface area contributed by atoms with Gasteiger partial charge in [-0.05, 0) is 38.3 Å². The minimum absolute atomic E-state index is 0.0382. The molecule has 1 unspecified atom stereocenters. The number of carboxylic acid groups (broad SMARTS) is 2. The third-order valence-corrected chi connectivity index (χ3v) is 3.11. The number of aliphatic carboxylic acids is 2. The number of hydrogen-bond donors (Lipinski definition) is 2. The van der Waals surface area contributed by atoms with Gasteiger partial charge in [0, 0.05) is 12.0 Å². The van der Waals surface area contributed by atoms with Crippen molar-refractivity contribution in [1.82, 2.24) is 0 Å². The number of allylic oxidation sites excluding steroid dienone is 2. The zero-order valence-corrected chi connectivity index (χ0v) is 11.5. The van der Waals surface area contributed by atoms with E-state index in [9.17, 15) is 19.5 Å². The van der Waals surface area contributed by atoms with E-state index in [2.05, 4.69) is 0 Å². The highest BCUT2D eigenvalue weighted by molar-refractivity contribution is 5.90. The predicted octanol–water partition coefficient (Wildman–Crippen LogP) is 1.76. The number of carbonyl (C=O) groups excluding carboxylic acids is 1. The first kappa shape index (κ1) is 15.9. The summed E-state index contributed by atoms with van der Waals surface area (Å²) in [6.45, 7) is 3.44. The number of carbonyl (C=O) groups is 3. The van der Waals surface area contributed by atoms with Crippen molar-refractivity contribution in [3.63, 3.8) is 0 Å². The first-order valence-electron chi connectivity index (χ1n) is 6.33. The minimum Gasteiger partial charge on any atom is -0.481 e. The lowest BCUT2D eigenvalue weighted by Crippen LogP contribution is -2.29. The van der Waals surface area contributed by atoms with Gasteiger partial charge < -0.3 is 14.9 Å². The molecule has 0 bridgehead atoms. The van der Waals surface area contributed by atoms with Gasteiger partial charge in [0.15, 0.2) is 0 Å². The van der Waals surface area contributed by atoms with Crippen LogP contribution in [0.3, 0.4) is 0 Å². The molecule has 110 valence electrons. The highest BCUT2D eigenvalue weighted by Gasteiger charge is 2.36. The van der Waals surface area contributed by atoms with E-state index in [1.165, 1.54) is 19.1 Å². The van der Waals surface area contributed by atoms with Crippen LogP contribution in [0.4, 0.5) is 0 Å². The third-order valence-electron chi connectivity index (χ3n) is 3.11. The van der Waals surface area contributed by atoms with Crippen molar-refractivity contribution in [3.05, 3.63) is 23.3 Å². The maximum Gasteiger partial charge on any atom is 0.331 e. The lowest BCUT2D eigenvalue weighted by atomic mass is 9.77. The van der Waals surface area contributed by atoms with E-state index in [1.807, 2.05) is 0 Å². The van der Waals surface area contributed by atoms with E-state index < -0.39 is 17.4 Å². The molecular weight excluding hydrogens is 264 g/mol. The molecule has 0 aliphatic heterocycles. The number of esters is 1. The van der Waals surface area contributed by atoms with Gasteiger partial charge >= 0.3 is 17.9 Å². The first-order chi connectivity index (χ1) is 9.28. The molecule has 2 N–H and O–H groups in total. The Morgan fingerprint density at radius 2 is 2.00 bits per heavy atom. The molecule has 1 rings (SSSR count). The molecule has 0 aromatic rings. The normalized spacial score (nSPS) is 21.7. The van der Waals surface area contributed by atoms with Gasteiger partial charge in [0.1, 0.15) is 0 Å². The zero-order chi connectivity index (χ0) is 15.3. The van der Waals surface area contributed by atoms with Gasteiger partial charge in [-0.3, -0.25) is 9.59 Å². The smallest absolute Gasteiger partial charge is 0.331 e. The SMILES string of the molecule is CCOC(=O)CCC1=CC(C)(C(=O)O)CC(C(=O)O)=C1. The Hall–Kier alpha value is -2.11. The van der Waals surface area contributed by atoms with Crippen LogP contribution in [0, 0.1) is 5.41 Å². The zero-order valence-electron chi connectivity index (χ0n) is 11.5. The summed E-state index contributed by atoms with van der Waals surface area (Å²) in [5, 5.41) is 18.3. The van der Waals surface area contributed by atoms with Gasteiger partial charge in [0.25, 0.3) is 0 Å². The van der Waals surface area contributed by atoms with Gasteiger partial charge in [-0.2, -0.15) is 0 Å². The lowest BCUT2D eigenvalue weighted by molar-refractivity contribution is -0.145. The Bertz CT molecular complexity index is 488. The molecule has 1 aliphatic carbocycles. The molecule has 0 spiro atoms. The second-order valence-corrected chi connectivity index (χ2v) is 4.90. The fourth-order valence-corrected chi connectivity index (χ4v) is 2.07. The maximum absolute atomic E-state index is 11.3. The van der Waals surface area contributed by atoms with Crippen molar-refractivity contribution >= 4 is 17.9 Å².